The van der Waals surface area contributed by atoms with E-state index < -0.39 is 0 Å². The van der Waals surface area contributed by atoms with Crippen LogP contribution in [0, 0.1) is 5.92 Å². The van der Waals surface area contributed by atoms with E-state index in [4.69, 9.17) is 0 Å². The van der Waals surface area contributed by atoms with Crippen LogP contribution in [0.5, 0.6) is 0 Å². The van der Waals surface area contributed by atoms with Crippen LogP contribution in [-0.4, -0.2) is 48.1 Å². The predicted molar refractivity (Wildman–Crippen MR) is 63.2 cm³/mol. The molecule has 4 nitrogen and oxygen atoms in total. The minimum absolute atomic E-state index is 0.248. The van der Waals surface area contributed by atoms with E-state index >= 15 is 0 Å². The number of amidine groups is 2. The average molecular weight is 208 g/mol. The van der Waals surface area contributed by atoms with Crippen molar-refractivity contribution in [1.29, 1.82) is 0 Å². The molecule has 0 aromatic heterocycles. The molecular formula is C9H16N4Si. The lowest BCUT2D eigenvalue weighted by atomic mass is 10.1. The number of hydrogen-bond acceptors (Lipinski definition) is 4. The molecule has 0 atom stereocenters. The van der Waals surface area contributed by atoms with Crippen LogP contribution in [-0.2, 0) is 0 Å². The Morgan fingerprint density at radius 1 is 1.14 bits per heavy atom. The number of nitrogens with one attached hydrogen (secondary N) is 2. The van der Waals surface area contributed by atoms with E-state index in [9.17, 15) is 0 Å². The van der Waals surface area contributed by atoms with Crippen LogP contribution < -0.4 is 10.6 Å². The van der Waals surface area contributed by atoms with Gasteiger partial charge in [-0.2, -0.15) is 0 Å². The zero-order valence-electron chi connectivity index (χ0n) is 8.45. The fourth-order valence-electron chi connectivity index (χ4n) is 1.75. The van der Waals surface area contributed by atoms with E-state index in [1.807, 2.05) is 0 Å². The monoisotopic (exact) mass is 208 g/mol. The predicted octanol–water partition coefficient (Wildman–Crippen LogP) is -1.51. The molecule has 2 heterocycles. The third-order valence-electron chi connectivity index (χ3n) is 2.37. The molecule has 2 rings (SSSR count). The van der Waals surface area contributed by atoms with Crippen LogP contribution in [0.4, 0.5) is 0 Å². The highest BCUT2D eigenvalue weighted by Gasteiger charge is 2.22. The van der Waals surface area contributed by atoms with Gasteiger partial charge in [-0.1, -0.05) is 6.08 Å². The zero-order valence-corrected chi connectivity index (χ0v) is 10.5. The van der Waals surface area contributed by atoms with Crippen LogP contribution in [0.25, 0.3) is 0 Å². The lowest BCUT2D eigenvalue weighted by Crippen LogP contribution is -2.36. The summed E-state index contributed by atoms with van der Waals surface area (Å²) in [5.74, 6) is 2.40. The molecule has 2 aliphatic heterocycles. The van der Waals surface area contributed by atoms with Crippen LogP contribution in [0.15, 0.2) is 21.8 Å². The van der Waals surface area contributed by atoms with E-state index in [0.29, 0.717) is 0 Å². The van der Waals surface area contributed by atoms with Crippen molar-refractivity contribution in [3.05, 3.63) is 11.8 Å². The molecule has 2 aliphatic rings. The zero-order chi connectivity index (χ0) is 9.80. The molecule has 0 aliphatic carbocycles. The largest absolute Gasteiger partial charge is 0.371 e. The third kappa shape index (κ3) is 1.87. The molecule has 14 heavy (non-hydrogen) atoms. The van der Waals surface area contributed by atoms with Crippen LogP contribution in [0.3, 0.4) is 0 Å². The second kappa shape index (κ2) is 4.41. The summed E-state index contributed by atoms with van der Waals surface area (Å²) >= 11 is 0. The Balaban J connectivity index is 2.14. The molecule has 76 valence electrons. The summed E-state index contributed by atoms with van der Waals surface area (Å²) in [6.07, 6.45) is 2.19. The van der Waals surface area contributed by atoms with Crippen molar-refractivity contribution in [1.82, 2.24) is 10.6 Å². The Hall–Kier alpha value is -1.10. The second-order valence-electron chi connectivity index (χ2n) is 3.39. The van der Waals surface area contributed by atoms with Gasteiger partial charge in [0.1, 0.15) is 11.7 Å². The van der Waals surface area contributed by atoms with Gasteiger partial charge in [0.2, 0.25) is 0 Å². The summed E-state index contributed by atoms with van der Waals surface area (Å²) < 4.78 is 0. The smallest absolute Gasteiger partial charge is 0.111 e. The van der Waals surface area contributed by atoms with Crippen molar-refractivity contribution in [3.8, 4) is 0 Å². The summed E-state index contributed by atoms with van der Waals surface area (Å²) in [4.78, 5) is 8.90. The van der Waals surface area contributed by atoms with Crippen molar-refractivity contribution in [2.75, 3.05) is 26.2 Å². The van der Waals surface area contributed by atoms with Crippen LogP contribution in [0.1, 0.15) is 0 Å². The summed E-state index contributed by atoms with van der Waals surface area (Å²) in [5, 5.41) is 6.62. The second-order valence-corrected chi connectivity index (χ2v) is 4.06. The molecule has 0 bridgehead atoms. The first-order valence-corrected chi connectivity index (χ1v) is 6.26. The lowest BCUT2D eigenvalue weighted by Gasteiger charge is -2.13. The SMILES string of the molecule is [SiH3]C=CC(C1=NCCN1)C1=NCCN1. The van der Waals surface area contributed by atoms with Crippen molar-refractivity contribution in [2.24, 2.45) is 15.9 Å². The number of aliphatic imine (C=N–C) groups is 2. The van der Waals surface area contributed by atoms with Crippen LogP contribution in [0.2, 0.25) is 0 Å². The Morgan fingerprint density at radius 3 is 2.07 bits per heavy atom. The highest BCUT2D eigenvalue weighted by atomic mass is 28.1. The molecule has 0 aromatic rings. The summed E-state index contributed by atoms with van der Waals surface area (Å²) in [5.41, 5.74) is 2.19. The van der Waals surface area contributed by atoms with E-state index in [1.165, 1.54) is 0 Å². The first kappa shape index (κ1) is 9.45. The molecule has 2 N–H and O–H groups in total. The Bertz CT molecular complexity index is 271. The van der Waals surface area contributed by atoms with E-state index in [1.54, 1.807) is 0 Å². The van der Waals surface area contributed by atoms with Gasteiger partial charge in [-0.25, -0.2) is 0 Å². The molecule has 0 radical (unpaired) electrons. The standard InChI is InChI=1S/C9H16N4Si/c14-6-1-7(8-10-2-3-11-8)9-12-4-5-13-9/h1,6-7H,2-5H2,14H3,(H,10,11)(H,12,13). The van der Waals surface area contributed by atoms with E-state index in [2.05, 4.69) is 32.4 Å². The highest BCUT2D eigenvalue weighted by Crippen LogP contribution is 2.08. The van der Waals surface area contributed by atoms with Crippen molar-refractivity contribution in [3.63, 3.8) is 0 Å². The number of nitrogens with zero attached hydrogens (tertiary/aromatic N) is 2. The van der Waals surface area contributed by atoms with Crippen molar-refractivity contribution < 1.29 is 0 Å². The van der Waals surface area contributed by atoms with Gasteiger partial charge in [-0.3, -0.25) is 9.98 Å². The maximum atomic E-state index is 4.45. The number of rotatable bonds is 3. The number of hydrogen-bond donors (Lipinski definition) is 2. The van der Waals surface area contributed by atoms with Gasteiger partial charge in [-0.05, 0) is 0 Å². The quantitative estimate of drug-likeness (QED) is 0.554. The van der Waals surface area contributed by atoms with Crippen molar-refractivity contribution >= 4 is 21.9 Å². The topological polar surface area (TPSA) is 48.8 Å². The molecule has 0 saturated heterocycles. The van der Waals surface area contributed by atoms with Gasteiger partial charge in [0.25, 0.3) is 0 Å². The van der Waals surface area contributed by atoms with Gasteiger partial charge in [0.15, 0.2) is 0 Å². The average Bonchev–Trinajstić information content (AvgIpc) is 2.87. The normalized spacial score (nSPS) is 21.2. The Labute approximate surface area is 87.0 Å². The highest BCUT2D eigenvalue weighted by molar-refractivity contribution is 6.18. The van der Waals surface area contributed by atoms with Crippen LogP contribution >= 0.6 is 0 Å². The molecule has 0 amide bonds. The van der Waals surface area contributed by atoms with E-state index in [0.717, 1.165) is 48.1 Å². The molecular weight excluding hydrogens is 192 g/mol. The van der Waals surface area contributed by atoms with Gasteiger partial charge < -0.3 is 10.6 Å². The Kier molecular flexibility index (Phi) is 2.98. The molecule has 0 unspecified atom stereocenters. The first-order chi connectivity index (χ1) is 6.92. The Morgan fingerprint density at radius 2 is 1.71 bits per heavy atom. The molecule has 5 heteroatoms. The lowest BCUT2D eigenvalue weighted by molar-refractivity contribution is 0.924. The summed E-state index contributed by atoms with van der Waals surface area (Å²) in [6, 6.07) is 0. The molecule has 0 saturated carbocycles. The third-order valence-corrected chi connectivity index (χ3v) is 2.76. The van der Waals surface area contributed by atoms with Gasteiger partial charge in [0, 0.05) is 23.3 Å². The summed E-state index contributed by atoms with van der Waals surface area (Å²) in [6.45, 7) is 3.73. The summed E-state index contributed by atoms with van der Waals surface area (Å²) in [7, 11) is 1.08. The first-order valence-electron chi connectivity index (χ1n) is 5.11. The van der Waals surface area contributed by atoms with E-state index in [-0.39, 0.29) is 5.92 Å². The maximum absolute atomic E-state index is 4.45. The molecule has 0 spiro atoms. The molecule has 0 fully saturated rings. The van der Waals surface area contributed by atoms with Gasteiger partial charge >= 0.3 is 0 Å². The fourth-order valence-corrected chi connectivity index (χ4v) is 2.14. The minimum atomic E-state index is 0.248. The van der Waals surface area contributed by atoms with Gasteiger partial charge in [0.05, 0.1) is 19.0 Å². The minimum Gasteiger partial charge on any atom is -0.371 e. The fraction of sp³-hybridized carbons (Fsp3) is 0.556. The molecule has 0 aromatic carbocycles. The maximum Gasteiger partial charge on any atom is 0.111 e. The van der Waals surface area contributed by atoms with Crippen molar-refractivity contribution in [2.45, 2.75) is 0 Å². The van der Waals surface area contributed by atoms with Gasteiger partial charge in [-0.15, -0.1) is 5.70 Å².